The minimum absolute atomic E-state index is 0.0848. The largest absolute Gasteiger partial charge is 0.504 e. The summed E-state index contributed by atoms with van der Waals surface area (Å²) in [6.45, 7) is 1.63. The van der Waals surface area contributed by atoms with E-state index in [9.17, 15) is 9.90 Å². The van der Waals surface area contributed by atoms with Gasteiger partial charge in [-0.05, 0) is 37.1 Å². The maximum absolute atomic E-state index is 11.4. The molecule has 17 heavy (non-hydrogen) atoms. The number of allylic oxidation sites excluding steroid dienone is 1. The number of aliphatic hydroxyl groups excluding tert-OH is 1. The highest BCUT2D eigenvalue weighted by atomic mass is 16.3. The fourth-order valence-electron chi connectivity index (χ4n) is 1.27. The number of rotatable bonds is 5. The summed E-state index contributed by atoms with van der Waals surface area (Å²) in [4.78, 5) is 11.4. The van der Waals surface area contributed by atoms with Crippen molar-refractivity contribution in [3.05, 3.63) is 29.8 Å². The summed E-state index contributed by atoms with van der Waals surface area (Å²) in [6, 6.07) is 4.32. The van der Waals surface area contributed by atoms with Crippen LogP contribution in [-0.2, 0) is 4.79 Å². The summed E-state index contributed by atoms with van der Waals surface area (Å²) < 4.78 is 0. The topological polar surface area (TPSA) is 77.8 Å². The Hall–Kier alpha value is -1.81. The summed E-state index contributed by atoms with van der Waals surface area (Å²) in [6.07, 6.45) is 3.20. The van der Waals surface area contributed by atoms with Gasteiger partial charge in [-0.25, -0.2) is 0 Å². The lowest BCUT2D eigenvalue weighted by Gasteiger charge is -2.00. The van der Waals surface area contributed by atoms with Crippen LogP contribution in [0.5, 0.6) is 11.5 Å². The fraction of sp³-hybridized carbons (Fsp3) is 0.308. The van der Waals surface area contributed by atoms with Gasteiger partial charge in [0.25, 0.3) is 0 Å². The Balaban J connectivity index is 2.58. The van der Waals surface area contributed by atoms with Gasteiger partial charge in [0.2, 0.25) is 0 Å². The molecule has 0 spiro atoms. The predicted octanol–water partition coefficient (Wildman–Crippen LogP) is 1.84. The molecule has 0 saturated heterocycles. The third kappa shape index (κ3) is 4.70. The molecule has 0 bridgehead atoms. The molecule has 0 aliphatic rings. The number of carbonyl (C=O) groups excluding carboxylic acids is 1. The number of phenols is 2. The van der Waals surface area contributed by atoms with Gasteiger partial charge in [0, 0.05) is 6.42 Å². The first kappa shape index (κ1) is 13.3. The summed E-state index contributed by atoms with van der Waals surface area (Å²) in [5, 5.41) is 27.4. The first-order valence-electron chi connectivity index (χ1n) is 5.40. The van der Waals surface area contributed by atoms with E-state index in [0.29, 0.717) is 12.0 Å². The quantitative estimate of drug-likeness (QED) is 0.538. The molecule has 0 heterocycles. The van der Waals surface area contributed by atoms with E-state index >= 15 is 0 Å². The molecule has 4 nitrogen and oxygen atoms in total. The first-order valence-corrected chi connectivity index (χ1v) is 5.40. The second kappa shape index (κ2) is 6.06. The number of aromatic hydroxyl groups is 2. The van der Waals surface area contributed by atoms with Crippen molar-refractivity contribution in [2.75, 3.05) is 0 Å². The van der Waals surface area contributed by atoms with Gasteiger partial charge in [0.1, 0.15) is 0 Å². The third-order valence-electron chi connectivity index (χ3n) is 2.27. The minimum Gasteiger partial charge on any atom is -0.504 e. The van der Waals surface area contributed by atoms with Crippen molar-refractivity contribution in [1.29, 1.82) is 0 Å². The van der Waals surface area contributed by atoms with Crippen molar-refractivity contribution in [2.45, 2.75) is 25.9 Å². The van der Waals surface area contributed by atoms with E-state index in [-0.39, 0.29) is 23.7 Å². The van der Waals surface area contributed by atoms with Crippen molar-refractivity contribution in [3.8, 4) is 11.5 Å². The Kier molecular flexibility index (Phi) is 4.72. The van der Waals surface area contributed by atoms with E-state index < -0.39 is 6.10 Å². The van der Waals surface area contributed by atoms with Crippen LogP contribution in [0.2, 0.25) is 0 Å². The molecule has 3 N–H and O–H groups in total. The molecule has 0 aromatic heterocycles. The summed E-state index contributed by atoms with van der Waals surface area (Å²) >= 11 is 0. The van der Waals surface area contributed by atoms with Crippen molar-refractivity contribution >= 4 is 11.9 Å². The molecule has 1 unspecified atom stereocenters. The summed E-state index contributed by atoms with van der Waals surface area (Å²) in [7, 11) is 0. The van der Waals surface area contributed by atoms with Crippen molar-refractivity contribution in [1.82, 2.24) is 0 Å². The number of hydrogen-bond donors (Lipinski definition) is 3. The predicted molar refractivity (Wildman–Crippen MR) is 64.7 cm³/mol. The van der Waals surface area contributed by atoms with Gasteiger partial charge >= 0.3 is 0 Å². The van der Waals surface area contributed by atoms with Crippen LogP contribution < -0.4 is 0 Å². The Morgan fingerprint density at radius 1 is 1.35 bits per heavy atom. The highest BCUT2D eigenvalue weighted by molar-refractivity contribution is 5.93. The molecule has 0 aliphatic heterocycles. The Morgan fingerprint density at radius 3 is 2.65 bits per heavy atom. The van der Waals surface area contributed by atoms with Gasteiger partial charge in [0.05, 0.1) is 6.10 Å². The third-order valence-corrected chi connectivity index (χ3v) is 2.27. The zero-order valence-electron chi connectivity index (χ0n) is 9.63. The van der Waals surface area contributed by atoms with Crippen LogP contribution in [0.1, 0.15) is 25.3 Å². The highest BCUT2D eigenvalue weighted by Gasteiger charge is 2.02. The van der Waals surface area contributed by atoms with Gasteiger partial charge in [-0.2, -0.15) is 0 Å². The van der Waals surface area contributed by atoms with Crippen molar-refractivity contribution in [3.63, 3.8) is 0 Å². The zero-order chi connectivity index (χ0) is 12.8. The smallest absolute Gasteiger partial charge is 0.157 e. The molecule has 0 saturated carbocycles. The van der Waals surface area contributed by atoms with E-state index in [4.69, 9.17) is 10.2 Å². The van der Waals surface area contributed by atoms with Gasteiger partial charge < -0.3 is 15.3 Å². The van der Waals surface area contributed by atoms with E-state index in [1.165, 1.54) is 18.2 Å². The molecule has 1 rings (SSSR count). The van der Waals surface area contributed by atoms with E-state index in [1.54, 1.807) is 19.1 Å². The number of aliphatic hydroxyl groups is 1. The number of hydrogen-bond acceptors (Lipinski definition) is 4. The molecule has 0 aliphatic carbocycles. The Bertz CT molecular complexity index is 421. The number of phenolic OH excluding ortho intramolecular Hbond substituents is 2. The molecular weight excluding hydrogens is 220 g/mol. The lowest BCUT2D eigenvalue weighted by molar-refractivity contribution is -0.115. The first-order chi connectivity index (χ1) is 7.99. The van der Waals surface area contributed by atoms with E-state index in [1.807, 2.05) is 0 Å². The van der Waals surface area contributed by atoms with Gasteiger partial charge in [0.15, 0.2) is 17.3 Å². The van der Waals surface area contributed by atoms with Gasteiger partial charge in [-0.1, -0.05) is 12.1 Å². The molecule has 0 amide bonds. The second-order valence-electron chi connectivity index (χ2n) is 3.94. The van der Waals surface area contributed by atoms with Crippen LogP contribution in [0.4, 0.5) is 0 Å². The fourth-order valence-corrected chi connectivity index (χ4v) is 1.27. The van der Waals surface area contributed by atoms with Crippen LogP contribution >= 0.6 is 0 Å². The van der Waals surface area contributed by atoms with Crippen LogP contribution in [0, 0.1) is 0 Å². The zero-order valence-corrected chi connectivity index (χ0v) is 9.63. The van der Waals surface area contributed by atoms with Gasteiger partial charge in [-0.3, -0.25) is 4.79 Å². The molecule has 1 atom stereocenters. The molecule has 1 aromatic rings. The lowest BCUT2D eigenvalue weighted by Crippen LogP contribution is -2.03. The number of ketones is 1. The van der Waals surface area contributed by atoms with E-state index in [0.717, 1.165) is 0 Å². The van der Waals surface area contributed by atoms with Crippen LogP contribution in [0.15, 0.2) is 24.3 Å². The monoisotopic (exact) mass is 236 g/mol. The number of benzene rings is 1. The molecule has 92 valence electrons. The van der Waals surface area contributed by atoms with Crippen LogP contribution in [0.3, 0.4) is 0 Å². The van der Waals surface area contributed by atoms with Crippen LogP contribution in [-0.4, -0.2) is 27.2 Å². The normalized spacial score (nSPS) is 12.8. The standard InChI is InChI=1S/C13H16O4/c1-9(14)2-5-11(15)6-3-10-4-7-12(16)13(17)8-10/h3-4,6-9,14,16-17H,2,5H2,1H3/b6-3+. The molecular formula is C13H16O4. The lowest BCUT2D eigenvalue weighted by atomic mass is 10.1. The Morgan fingerprint density at radius 2 is 2.06 bits per heavy atom. The van der Waals surface area contributed by atoms with E-state index in [2.05, 4.69) is 0 Å². The summed E-state index contributed by atoms with van der Waals surface area (Å²) in [5.41, 5.74) is 0.630. The number of carbonyl (C=O) groups is 1. The average Bonchev–Trinajstić information content (AvgIpc) is 2.28. The molecule has 0 fully saturated rings. The second-order valence-corrected chi connectivity index (χ2v) is 3.94. The van der Waals surface area contributed by atoms with Crippen molar-refractivity contribution in [2.24, 2.45) is 0 Å². The SMILES string of the molecule is CC(O)CCC(=O)/C=C/c1ccc(O)c(O)c1. The Labute approximate surface area is 99.8 Å². The average molecular weight is 236 g/mol. The maximum atomic E-state index is 11.4. The van der Waals surface area contributed by atoms with Crippen LogP contribution in [0.25, 0.3) is 6.08 Å². The molecule has 1 aromatic carbocycles. The maximum Gasteiger partial charge on any atom is 0.157 e. The molecule has 4 heteroatoms. The molecule has 0 radical (unpaired) electrons. The van der Waals surface area contributed by atoms with Crippen molar-refractivity contribution < 1.29 is 20.1 Å². The summed E-state index contributed by atoms with van der Waals surface area (Å²) in [5.74, 6) is -0.496. The van der Waals surface area contributed by atoms with Gasteiger partial charge in [-0.15, -0.1) is 0 Å². The highest BCUT2D eigenvalue weighted by Crippen LogP contribution is 2.25. The minimum atomic E-state index is -0.481.